The van der Waals surface area contributed by atoms with Gasteiger partial charge < -0.3 is 10.1 Å². The Labute approximate surface area is 105 Å². The van der Waals surface area contributed by atoms with Crippen molar-refractivity contribution in [3.05, 3.63) is 11.1 Å². The molecule has 1 aromatic heterocycles. The van der Waals surface area contributed by atoms with E-state index in [1.165, 1.54) is 19.3 Å². The van der Waals surface area contributed by atoms with Crippen LogP contribution < -0.4 is 5.32 Å². The number of anilines is 1. The molecule has 0 aliphatic heterocycles. The Kier molecular flexibility index (Phi) is 4.36. The van der Waals surface area contributed by atoms with Gasteiger partial charge in [-0.15, -0.1) is 11.3 Å². The Morgan fingerprint density at radius 2 is 2.47 bits per heavy atom. The van der Waals surface area contributed by atoms with Crippen LogP contribution in [0.3, 0.4) is 0 Å². The number of rotatable bonds is 7. The SMILES string of the molecule is CCOC(=O)Cc1csc(NCCC2CC2)n1. The summed E-state index contributed by atoms with van der Waals surface area (Å²) in [6.45, 7) is 3.22. The third-order valence-electron chi connectivity index (χ3n) is 2.71. The maximum atomic E-state index is 11.3. The van der Waals surface area contributed by atoms with Crippen LogP contribution in [0.4, 0.5) is 5.13 Å². The summed E-state index contributed by atoms with van der Waals surface area (Å²) in [5, 5.41) is 6.12. The normalized spacial score (nSPS) is 14.6. The minimum absolute atomic E-state index is 0.206. The highest BCUT2D eigenvalue weighted by Gasteiger charge is 2.20. The number of nitrogens with zero attached hydrogens (tertiary/aromatic N) is 1. The summed E-state index contributed by atoms with van der Waals surface area (Å²) < 4.78 is 4.88. The zero-order valence-corrected chi connectivity index (χ0v) is 10.9. The molecule has 0 atom stereocenters. The van der Waals surface area contributed by atoms with E-state index >= 15 is 0 Å². The number of nitrogens with one attached hydrogen (secondary N) is 1. The van der Waals surface area contributed by atoms with E-state index in [1.807, 2.05) is 12.3 Å². The molecule has 0 amide bonds. The lowest BCUT2D eigenvalue weighted by molar-refractivity contribution is -0.142. The van der Waals surface area contributed by atoms with E-state index in [1.54, 1.807) is 11.3 Å². The predicted octanol–water partition coefficient (Wildman–Crippen LogP) is 2.46. The second-order valence-electron chi connectivity index (χ2n) is 4.28. The molecule has 1 N–H and O–H groups in total. The third kappa shape index (κ3) is 4.34. The lowest BCUT2D eigenvalue weighted by atomic mass is 10.3. The van der Waals surface area contributed by atoms with Crippen LogP contribution in [0.25, 0.3) is 0 Å². The van der Waals surface area contributed by atoms with E-state index in [0.29, 0.717) is 6.61 Å². The quantitative estimate of drug-likeness (QED) is 0.759. The number of carbonyl (C=O) groups is 1. The summed E-state index contributed by atoms with van der Waals surface area (Å²) in [7, 11) is 0. The van der Waals surface area contributed by atoms with Crippen molar-refractivity contribution in [3.63, 3.8) is 0 Å². The smallest absolute Gasteiger partial charge is 0.311 e. The Morgan fingerprint density at radius 1 is 1.65 bits per heavy atom. The van der Waals surface area contributed by atoms with Gasteiger partial charge in [-0.25, -0.2) is 4.98 Å². The zero-order chi connectivity index (χ0) is 12.1. The van der Waals surface area contributed by atoms with Crippen LogP contribution in [0.2, 0.25) is 0 Å². The van der Waals surface area contributed by atoms with Crippen molar-refractivity contribution in [1.82, 2.24) is 4.98 Å². The van der Waals surface area contributed by atoms with Crippen molar-refractivity contribution >= 4 is 22.4 Å². The standard InChI is InChI=1S/C12H18N2O2S/c1-2-16-11(15)7-10-8-17-12(14-10)13-6-5-9-3-4-9/h8-9H,2-7H2,1H3,(H,13,14). The van der Waals surface area contributed by atoms with E-state index in [2.05, 4.69) is 10.3 Å². The van der Waals surface area contributed by atoms with Gasteiger partial charge in [0.25, 0.3) is 0 Å². The predicted molar refractivity (Wildman–Crippen MR) is 68.3 cm³/mol. The molecule has 0 unspecified atom stereocenters. The summed E-state index contributed by atoms with van der Waals surface area (Å²) in [6, 6.07) is 0. The summed E-state index contributed by atoms with van der Waals surface area (Å²) >= 11 is 1.55. The summed E-state index contributed by atoms with van der Waals surface area (Å²) in [4.78, 5) is 15.6. The average Bonchev–Trinajstić information content (AvgIpc) is 3.00. The molecule has 1 aliphatic carbocycles. The van der Waals surface area contributed by atoms with Gasteiger partial charge in [-0.2, -0.15) is 0 Å². The second-order valence-corrected chi connectivity index (χ2v) is 5.14. The lowest BCUT2D eigenvalue weighted by Crippen LogP contribution is -2.08. The molecule has 17 heavy (non-hydrogen) atoms. The maximum Gasteiger partial charge on any atom is 0.311 e. The molecule has 2 rings (SSSR count). The number of esters is 1. The fraction of sp³-hybridized carbons (Fsp3) is 0.667. The molecule has 0 bridgehead atoms. The van der Waals surface area contributed by atoms with Gasteiger partial charge in [-0.3, -0.25) is 4.79 Å². The van der Waals surface area contributed by atoms with E-state index < -0.39 is 0 Å². The molecule has 1 aromatic rings. The van der Waals surface area contributed by atoms with Crippen LogP contribution in [0.15, 0.2) is 5.38 Å². The number of hydrogen-bond donors (Lipinski definition) is 1. The number of aromatic nitrogens is 1. The fourth-order valence-electron chi connectivity index (χ4n) is 1.62. The van der Waals surface area contributed by atoms with E-state index in [-0.39, 0.29) is 12.4 Å². The first-order valence-electron chi connectivity index (χ1n) is 6.12. The highest BCUT2D eigenvalue weighted by atomic mass is 32.1. The topological polar surface area (TPSA) is 51.2 Å². The number of ether oxygens (including phenoxy) is 1. The third-order valence-corrected chi connectivity index (χ3v) is 3.56. The van der Waals surface area contributed by atoms with Crippen molar-refractivity contribution in [2.75, 3.05) is 18.5 Å². The Hall–Kier alpha value is -1.10. The van der Waals surface area contributed by atoms with Crippen LogP contribution in [-0.2, 0) is 16.0 Å². The van der Waals surface area contributed by atoms with Gasteiger partial charge in [-0.05, 0) is 19.3 Å². The number of carbonyl (C=O) groups excluding carboxylic acids is 1. The molecule has 1 heterocycles. The van der Waals surface area contributed by atoms with Crippen LogP contribution in [0, 0.1) is 5.92 Å². The maximum absolute atomic E-state index is 11.3. The monoisotopic (exact) mass is 254 g/mol. The van der Waals surface area contributed by atoms with Gasteiger partial charge in [0.15, 0.2) is 5.13 Å². The fourth-order valence-corrected chi connectivity index (χ4v) is 2.36. The molecular formula is C12H18N2O2S. The van der Waals surface area contributed by atoms with Crippen molar-refractivity contribution < 1.29 is 9.53 Å². The molecule has 1 fully saturated rings. The first-order valence-corrected chi connectivity index (χ1v) is 6.99. The molecule has 0 aromatic carbocycles. The van der Waals surface area contributed by atoms with E-state index in [9.17, 15) is 4.79 Å². The first kappa shape index (κ1) is 12.4. The lowest BCUT2D eigenvalue weighted by Gasteiger charge is -2.00. The Morgan fingerprint density at radius 3 is 3.18 bits per heavy atom. The minimum atomic E-state index is -0.206. The first-order chi connectivity index (χ1) is 8.28. The number of hydrogen-bond acceptors (Lipinski definition) is 5. The van der Waals surface area contributed by atoms with Gasteiger partial charge in [0.05, 0.1) is 18.7 Å². The molecular weight excluding hydrogens is 236 g/mol. The molecule has 1 aliphatic rings. The van der Waals surface area contributed by atoms with E-state index in [4.69, 9.17) is 4.74 Å². The van der Waals surface area contributed by atoms with Crippen molar-refractivity contribution in [2.45, 2.75) is 32.6 Å². The van der Waals surface area contributed by atoms with Gasteiger partial charge in [0.2, 0.25) is 0 Å². The largest absolute Gasteiger partial charge is 0.466 e. The highest BCUT2D eigenvalue weighted by molar-refractivity contribution is 7.13. The molecule has 5 heteroatoms. The van der Waals surface area contributed by atoms with Crippen LogP contribution in [0.5, 0.6) is 0 Å². The van der Waals surface area contributed by atoms with Crippen LogP contribution in [-0.4, -0.2) is 24.1 Å². The summed E-state index contributed by atoms with van der Waals surface area (Å²) in [5.74, 6) is 0.726. The molecule has 0 radical (unpaired) electrons. The Balaban J connectivity index is 1.72. The average molecular weight is 254 g/mol. The van der Waals surface area contributed by atoms with Gasteiger partial charge in [0, 0.05) is 11.9 Å². The van der Waals surface area contributed by atoms with Crippen molar-refractivity contribution in [2.24, 2.45) is 5.92 Å². The Bertz CT molecular complexity index is 374. The molecule has 94 valence electrons. The minimum Gasteiger partial charge on any atom is -0.466 e. The zero-order valence-electron chi connectivity index (χ0n) is 10.1. The molecule has 4 nitrogen and oxygen atoms in total. The van der Waals surface area contributed by atoms with Crippen molar-refractivity contribution in [3.8, 4) is 0 Å². The highest BCUT2D eigenvalue weighted by Crippen LogP contribution is 2.32. The molecule has 1 saturated carbocycles. The van der Waals surface area contributed by atoms with Gasteiger partial charge >= 0.3 is 5.97 Å². The van der Waals surface area contributed by atoms with Crippen LogP contribution >= 0.6 is 11.3 Å². The van der Waals surface area contributed by atoms with Gasteiger partial charge in [0.1, 0.15) is 0 Å². The number of thiazole rings is 1. The summed E-state index contributed by atoms with van der Waals surface area (Å²) in [6.07, 6.45) is 4.27. The molecule has 0 spiro atoms. The van der Waals surface area contributed by atoms with Crippen molar-refractivity contribution in [1.29, 1.82) is 0 Å². The van der Waals surface area contributed by atoms with Crippen LogP contribution in [0.1, 0.15) is 31.9 Å². The van der Waals surface area contributed by atoms with E-state index in [0.717, 1.165) is 23.3 Å². The summed E-state index contributed by atoms with van der Waals surface area (Å²) in [5.41, 5.74) is 0.794. The molecule has 0 saturated heterocycles. The van der Waals surface area contributed by atoms with Gasteiger partial charge in [-0.1, -0.05) is 12.8 Å². The second kappa shape index (κ2) is 6.00.